The number of anilines is 2. The first-order valence-electron chi connectivity index (χ1n) is 13.8. The number of nitrogen functional groups attached to an aromatic ring is 1. The smallest absolute Gasteiger partial charge is 0.250 e. The number of aliphatic hydroxyl groups excluding tert-OH is 1. The van der Waals surface area contributed by atoms with Crippen molar-refractivity contribution in [3.8, 4) is 11.4 Å². The van der Waals surface area contributed by atoms with Gasteiger partial charge in [0.05, 0.1) is 45.5 Å². The van der Waals surface area contributed by atoms with Gasteiger partial charge in [0.1, 0.15) is 0 Å². The van der Waals surface area contributed by atoms with E-state index in [1.807, 2.05) is 35.9 Å². The van der Waals surface area contributed by atoms with Gasteiger partial charge >= 0.3 is 0 Å². The van der Waals surface area contributed by atoms with E-state index in [1.165, 1.54) is 0 Å². The molecule has 0 spiro atoms. The summed E-state index contributed by atoms with van der Waals surface area (Å²) in [5, 5.41) is 23.5. The fourth-order valence-corrected chi connectivity index (χ4v) is 6.25. The molecule has 0 saturated heterocycles. The highest BCUT2D eigenvalue weighted by Gasteiger charge is 2.36. The molecular weight excluding hydrogens is 506 g/mol. The molecule has 208 valence electrons. The lowest BCUT2D eigenvalue weighted by molar-refractivity contribution is 0.0909. The summed E-state index contributed by atoms with van der Waals surface area (Å²) in [6.45, 7) is 6.10. The number of nitrogens with zero attached hydrogens (tertiary/aromatic N) is 4. The zero-order valence-electron chi connectivity index (χ0n) is 23.1. The molecule has 40 heavy (non-hydrogen) atoms. The first kappa shape index (κ1) is 26.1. The third kappa shape index (κ3) is 4.52. The normalized spacial score (nSPS) is 20.4. The van der Waals surface area contributed by atoms with E-state index in [4.69, 9.17) is 16.6 Å². The second-order valence-corrected chi connectivity index (χ2v) is 12.0. The van der Waals surface area contributed by atoms with Gasteiger partial charge in [-0.05, 0) is 80.8 Å². The number of rotatable bonds is 5. The van der Waals surface area contributed by atoms with Gasteiger partial charge in [-0.15, -0.1) is 5.10 Å². The van der Waals surface area contributed by atoms with Gasteiger partial charge in [0.2, 0.25) is 0 Å². The Kier molecular flexibility index (Phi) is 6.18. The highest BCUT2D eigenvalue weighted by atomic mass is 16.3. The summed E-state index contributed by atoms with van der Waals surface area (Å²) < 4.78 is 3.63. The molecule has 2 aromatic carbocycles. The second-order valence-electron chi connectivity index (χ2n) is 12.0. The fraction of sp³-hybridized carbons (Fsp3) is 0.400. The predicted molar refractivity (Wildman–Crippen MR) is 154 cm³/mol. The predicted octanol–water partition coefficient (Wildman–Crippen LogP) is 4.07. The standard InChI is InChI=1S/C30H35N7O3/c1-16-27-25(14-30(2,3)15-26(27)39)37(34-16)19-7-11-22-24(13-19)36(35-28(22)31)18-6-10-21(29(32)40)23(12-18)33-17-4-8-20(38)9-5-17/h6-7,10-13,17,20,33,38H,4-5,8-9,14-15H2,1-3H3,(H2,31,35)(H2,32,40). The highest BCUT2D eigenvalue weighted by Crippen LogP contribution is 2.38. The van der Waals surface area contributed by atoms with Crippen LogP contribution in [0.15, 0.2) is 36.4 Å². The van der Waals surface area contributed by atoms with Crippen molar-refractivity contribution in [1.29, 1.82) is 0 Å². The maximum Gasteiger partial charge on any atom is 0.250 e. The molecule has 1 fully saturated rings. The van der Waals surface area contributed by atoms with Crippen LogP contribution in [0.2, 0.25) is 0 Å². The zero-order valence-corrected chi connectivity index (χ0v) is 23.1. The van der Waals surface area contributed by atoms with E-state index < -0.39 is 5.91 Å². The Labute approximate surface area is 232 Å². The van der Waals surface area contributed by atoms with Crippen molar-refractivity contribution in [2.75, 3.05) is 11.1 Å². The molecule has 2 aromatic heterocycles. The Bertz CT molecular complexity index is 1660. The Morgan fingerprint density at radius 2 is 1.73 bits per heavy atom. The lowest BCUT2D eigenvalue weighted by atomic mass is 9.75. The Balaban J connectivity index is 1.43. The molecule has 1 saturated carbocycles. The van der Waals surface area contributed by atoms with E-state index in [1.54, 1.807) is 16.8 Å². The number of hydrogen-bond donors (Lipinski definition) is 4. The molecule has 10 nitrogen and oxygen atoms in total. The molecule has 6 N–H and O–H groups in total. The summed E-state index contributed by atoms with van der Waals surface area (Å²) in [6, 6.07) is 11.3. The second kappa shape index (κ2) is 9.48. The minimum Gasteiger partial charge on any atom is -0.393 e. The molecule has 2 aliphatic carbocycles. The fourth-order valence-electron chi connectivity index (χ4n) is 6.25. The van der Waals surface area contributed by atoms with Crippen molar-refractivity contribution in [1.82, 2.24) is 19.6 Å². The van der Waals surface area contributed by atoms with Crippen LogP contribution in [0.3, 0.4) is 0 Å². The minimum absolute atomic E-state index is 0.129. The summed E-state index contributed by atoms with van der Waals surface area (Å²) >= 11 is 0. The van der Waals surface area contributed by atoms with Crippen LogP contribution < -0.4 is 16.8 Å². The number of primary amides is 1. The largest absolute Gasteiger partial charge is 0.393 e. The highest BCUT2D eigenvalue weighted by molar-refractivity contribution is 6.00. The molecule has 6 rings (SSSR count). The van der Waals surface area contributed by atoms with Gasteiger partial charge < -0.3 is 21.9 Å². The third-order valence-corrected chi connectivity index (χ3v) is 8.23. The van der Waals surface area contributed by atoms with Gasteiger partial charge in [-0.2, -0.15) is 5.10 Å². The molecule has 0 unspecified atom stereocenters. The van der Waals surface area contributed by atoms with Gasteiger partial charge in [-0.3, -0.25) is 9.59 Å². The van der Waals surface area contributed by atoms with Crippen molar-refractivity contribution in [2.24, 2.45) is 11.1 Å². The lowest BCUT2D eigenvalue weighted by Gasteiger charge is -2.29. The number of hydrogen-bond acceptors (Lipinski definition) is 7. The molecule has 0 radical (unpaired) electrons. The van der Waals surface area contributed by atoms with Crippen LogP contribution in [0.25, 0.3) is 22.3 Å². The molecule has 1 amide bonds. The first-order chi connectivity index (χ1) is 19.0. The number of aliphatic hydroxyl groups is 1. The summed E-state index contributed by atoms with van der Waals surface area (Å²) in [7, 11) is 0. The molecule has 2 aliphatic rings. The SMILES string of the molecule is Cc1nn(-c2ccc3c(N)nn(-c4ccc(C(N)=O)c(NC5CCC(O)CC5)c4)c3c2)c2c1C(=O)CC(C)(C)C2. The Morgan fingerprint density at radius 3 is 2.45 bits per heavy atom. The number of nitrogens with two attached hydrogens (primary N) is 2. The van der Waals surface area contributed by atoms with E-state index in [2.05, 4.69) is 24.3 Å². The van der Waals surface area contributed by atoms with E-state index >= 15 is 0 Å². The number of aromatic nitrogens is 4. The maximum atomic E-state index is 13.0. The molecular formula is C30H35N7O3. The van der Waals surface area contributed by atoms with Gasteiger partial charge in [0.25, 0.3) is 5.91 Å². The number of aryl methyl sites for hydroxylation is 1. The summed E-state index contributed by atoms with van der Waals surface area (Å²) in [5.41, 5.74) is 17.6. The quantitative estimate of drug-likeness (QED) is 0.297. The van der Waals surface area contributed by atoms with E-state index in [0.717, 1.165) is 58.5 Å². The van der Waals surface area contributed by atoms with Crippen LogP contribution in [-0.2, 0) is 6.42 Å². The lowest BCUT2D eigenvalue weighted by Crippen LogP contribution is -2.29. The van der Waals surface area contributed by atoms with Crippen molar-refractivity contribution in [3.63, 3.8) is 0 Å². The third-order valence-electron chi connectivity index (χ3n) is 8.23. The van der Waals surface area contributed by atoms with Gasteiger partial charge in [0.15, 0.2) is 11.6 Å². The average molecular weight is 542 g/mol. The number of carbonyl (C=O) groups excluding carboxylic acids is 2. The van der Waals surface area contributed by atoms with E-state index in [0.29, 0.717) is 36.3 Å². The van der Waals surface area contributed by atoms with Crippen LogP contribution in [0.1, 0.15) is 78.1 Å². The molecule has 10 heteroatoms. The number of nitrogens with one attached hydrogen (secondary N) is 1. The van der Waals surface area contributed by atoms with Gasteiger partial charge in [-0.25, -0.2) is 9.36 Å². The van der Waals surface area contributed by atoms with Crippen molar-refractivity contribution < 1.29 is 14.7 Å². The Morgan fingerprint density at radius 1 is 1.02 bits per heavy atom. The summed E-state index contributed by atoms with van der Waals surface area (Å²) in [6.07, 6.45) is 4.01. The average Bonchev–Trinajstić information content (AvgIpc) is 3.40. The van der Waals surface area contributed by atoms with E-state index in [9.17, 15) is 14.7 Å². The van der Waals surface area contributed by atoms with Crippen molar-refractivity contribution in [2.45, 2.75) is 71.4 Å². The maximum absolute atomic E-state index is 13.0. The number of Topliss-reactive ketones (excluding diaryl/α,β-unsaturated/α-hetero) is 1. The van der Waals surface area contributed by atoms with Crippen LogP contribution >= 0.6 is 0 Å². The van der Waals surface area contributed by atoms with Crippen molar-refractivity contribution in [3.05, 3.63) is 58.9 Å². The van der Waals surface area contributed by atoms with Crippen LogP contribution in [0.4, 0.5) is 11.5 Å². The number of fused-ring (bicyclic) bond motifs is 2. The van der Waals surface area contributed by atoms with Crippen LogP contribution in [-0.4, -0.2) is 48.5 Å². The first-order valence-corrected chi connectivity index (χ1v) is 13.8. The van der Waals surface area contributed by atoms with Crippen LogP contribution in [0, 0.1) is 12.3 Å². The number of carbonyl (C=O) groups is 2. The number of benzene rings is 2. The van der Waals surface area contributed by atoms with E-state index in [-0.39, 0.29) is 23.3 Å². The molecule has 0 aliphatic heterocycles. The van der Waals surface area contributed by atoms with Gasteiger partial charge in [0, 0.05) is 23.5 Å². The molecule has 0 atom stereocenters. The molecule has 0 bridgehead atoms. The Hall–Kier alpha value is -4.18. The van der Waals surface area contributed by atoms with Crippen molar-refractivity contribution >= 4 is 34.1 Å². The molecule has 4 aromatic rings. The summed E-state index contributed by atoms with van der Waals surface area (Å²) in [4.78, 5) is 25.2. The molecule has 2 heterocycles. The number of amides is 1. The topological polar surface area (TPSA) is 154 Å². The monoisotopic (exact) mass is 541 g/mol. The van der Waals surface area contributed by atoms with Crippen LogP contribution in [0.5, 0.6) is 0 Å². The number of ketones is 1. The summed E-state index contributed by atoms with van der Waals surface area (Å²) in [5.74, 6) is -0.00739. The minimum atomic E-state index is -0.520. The zero-order chi connectivity index (χ0) is 28.3. The van der Waals surface area contributed by atoms with Gasteiger partial charge in [-0.1, -0.05) is 13.8 Å².